The molecule has 1 aromatic rings. The predicted octanol–water partition coefficient (Wildman–Crippen LogP) is 2.83. The Labute approximate surface area is 107 Å². The van der Waals surface area contributed by atoms with E-state index >= 15 is 0 Å². The molecule has 17 heavy (non-hydrogen) atoms. The summed E-state index contributed by atoms with van der Waals surface area (Å²) < 4.78 is 65.3. The van der Waals surface area contributed by atoms with Crippen molar-refractivity contribution in [3.8, 4) is 0 Å². The molecule has 0 saturated carbocycles. The van der Waals surface area contributed by atoms with Gasteiger partial charge in [0.05, 0.1) is 10.2 Å². The van der Waals surface area contributed by atoms with Crippen molar-refractivity contribution in [3.05, 3.63) is 15.5 Å². The average molecular weight is 370 g/mol. The van der Waals surface area contributed by atoms with E-state index in [1.54, 1.807) is 22.6 Å². The number of hydrogen-bond donors (Lipinski definition) is 0. The van der Waals surface area contributed by atoms with Crippen molar-refractivity contribution in [2.45, 2.75) is 25.8 Å². The van der Waals surface area contributed by atoms with Crippen molar-refractivity contribution in [1.29, 1.82) is 0 Å². The topological polar surface area (TPSA) is 27.1 Å². The Balaban J connectivity index is 2.51. The molecule has 0 aliphatic rings. The number of alkyl halides is 5. The van der Waals surface area contributed by atoms with E-state index in [1.165, 1.54) is 6.20 Å². The van der Waals surface area contributed by atoms with Gasteiger partial charge in [-0.2, -0.15) is 18.3 Å². The van der Waals surface area contributed by atoms with Gasteiger partial charge in [-0.15, -0.1) is 0 Å². The molecule has 0 aromatic carbocycles. The summed E-state index contributed by atoms with van der Waals surface area (Å²) in [5, 5.41) is 3.71. The first-order valence-electron chi connectivity index (χ1n) is 4.42. The largest absolute Gasteiger partial charge is 0.411 e. The zero-order valence-corrected chi connectivity index (χ0v) is 10.5. The number of aromatic nitrogens is 2. The Hall–Kier alpha value is -0.450. The zero-order chi connectivity index (χ0) is 13.1. The first-order valence-corrected chi connectivity index (χ1v) is 5.50. The van der Waals surface area contributed by atoms with Crippen LogP contribution in [0.15, 0.2) is 6.20 Å². The summed E-state index contributed by atoms with van der Waals surface area (Å²) in [6.45, 7) is -2.33. The van der Waals surface area contributed by atoms with Gasteiger partial charge in [-0.05, 0) is 22.6 Å². The van der Waals surface area contributed by atoms with E-state index in [4.69, 9.17) is 0 Å². The van der Waals surface area contributed by atoms with Crippen molar-refractivity contribution >= 4 is 22.6 Å². The molecule has 0 spiro atoms. The van der Waals surface area contributed by atoms with E-state index in [0.29, 0.717) is 3.57 Å². The van der Waals surface area contributed by atoms with E-state index < -0.39 is 25.8 Å². The molecule has 0 amide bonds. The lowest BCUT2D eigenvalue weighted by atomic mass is 10.5. The van der Waals surface area contributed by atoms with Crippen molar-refractivity contribution in [3.63, 3.8) is 0 Å². The van der Waals surface area contributed by atoms with E-state index in [1.807, 2.05) is 0 Å². The molecule has 1 aromatic heterocycles. The third-order valence-corrected chi connectivity index (χ3v) is 2.52. The molecule has 0 radical (unpaired) electrons. The van der Waals surface area contributed by atoms with Crippen molar-refractivity contribution in [1.82, 2.24) is 9.78 Å². The molecule has 9 heteroatoms. The van der Waals surface area contributed by atoms with Gasteiger partial charge >= 0.3 is 6.18 Å². The fraction of sp³-hybridized carbons (Fsp3) is 0.625. The first kappa shape index (κ1) is 14.6. The van der Waals surface area contributed by atoms with E-state index in [0.717, 1.165) is 4.68 Å². The number of hydrogen-bond acceptors (Lipinski definition) is 2. The van der Waals surface area contributed by atoms with Gasteiger partial charge in [0.1, 0.15) is 18.8 Å². The van der Waals surface area contributed by atoms with Gasteiger partial charge in [0.2, 0.25) is 0 Å². The number of ether oxygens (including phenoxy) is 1. The van der Waals surface area contributed by atoms with Crippen LogP contribution in [0, 0.1) is 3.57 Å². The minimum atomic E-state index is -4.41. The van der Waals surface area contributed by atoms with Crippen molar-refractivity contribution in [2.75, 3.05) is 6.61 Å². The Kier molecular flexibility index (Phi) is 5.10. The molecule has 3 nitrogen and oxygen atoms in total. The average Bonchev–Trinajstić information content (AvgIpc) is 2.43. The van der Waals surface area contributed by atoms with E-state index in [-0.39, 0.29) is 12.3 Å². The maximum Gasteiger partial charge on any atom is 0.411 e. The molecule has 0 unspecified atom stereocenters. The lowest BCUT2D eigenvalue weighted by Crippen LogP contribution is -2.17. The highest BCUT2D eigenvalue weighted by molar-refractivity contribution is 14.1. The second kappa shape index (κ2) is 5.94. The Morgan fingerprint density at radius 1 is 1.41 bits per heavy atom. The highest BCUT2D eigenvalue weighted by atomic mass is 127. The highest BCUT2D eigenvalue weighted by Crippen LogP contribution is 2.17. The Morgan fingerprint density at radius 3 is 2.59 bits per heavy atom. The van der Waals surface area contributed by atoms with Crippen LogP contribution in [0.4, 0.5) is 22.0 Å². The van der Waals surface area contributed by atoms with Crippen LogP contribution in [0.1, 0.15) is 5.69 Å². The van der Waals surface area contributed by atoms with Crippen molar-refractivity contribution in [2.24, 2.45) is 0 Å². The van der Waals surface area contributed by atoms with Gasteiger partial charge in [0.15, 0.2) is 0 Å². The fourth-order valence-electron chi connectivity index (χ4n) is 1.03. The third kappa shape index (κ3) is 5.61. The molecule has 98 valence electrons. The van der Waals surface area contributed by atoms with Gasteiger partial charge in [-0.25, -0.2) is 8.78 Å². The maximum absolute atomic E-state index is 12.0. The molecule has 0 N–H and O–H groups in total. The monoisotopic (exact) mass is 370 g/mol. The molecule has 0 aliphatic carbocycles. The minimum Gasteiger partial charge on any atom is -0.366 e. The van der Waals surface area contributed by atoms with Gasteiger partial charge in [0, 0.05) is 6.20 Å². The smallest absolute Gasteiger partial charge is 0.366 e. The molecule has 1 rings (SSSR count). The Morgan fingerprint density at radius 2 is 2.06 bits per heavy atom. The molecular weight excluding hydrogens is 362 g/mol. The SMILES string of the molecule is FC(F)Cn1cc(I)c(COCC(F)(F)F)n1. The van der Waals surface area contributed by atoms with Crippen LogP contribution in [0.5, 0.6) is 0 Å². The normalized spacial score (nSPS) is 12.4. The minimum absolute atomic E-state index is 0.218. The van der Waals surface area contributed by atoms with Gasteiger partial charge < -0.3 is 4.74 Å². The standard InChI is InChI=1S/C8H8F5IN2O/c9-7(10)2-16-1-5(14)6(15-16)3-17-4-8(11,12)13/h1,7H,2-4H2. The van der Waals surface area contributed by atoms with E-state index in [2.05, 4.69) is 9.84 Å². The first-order chi connectivity index (χ1) is 7.78. The van der Waals surface area contributed by atoms with Crippen LogP contribution in [0.25, 0.3) is 0 Å². The number of rotatable bonds is 5. The summed E-state index contributed by atoms with van der Waals surface area (Å²) in [7, 11) is 0. The molecule has 0 aliphatic heterocycles. The maximum atomic E-state index is 12.0. The molecule has 1 heterocycles. The van der Waals surface area contributed by atoms with Crippen LogP contribution in [-0.4, -0.2) is 29.0 Å². The summed E-state index contributed by atoms with van der Waals surface area (Å²) in [6, 6.07) is 0. The highest BCUT2D eigenvalue weighted by Gasteiger charge is 2.27. The summed E-state index contributed by atoms with van der Waals surface area (Å²) in [5.41, 5.74) is 0.218. The Bertz CT molecular complexity index is 365. The summed E-state index contributed by atoms with van der Waals surface area (Å²) >= 11 is 1.80. The van der Waals surface area contributed by atoms with Gasteiger partial charge in [-0.1, -0.05) is 0 Å². The molecule has 0 bridgehead atoms. The summed E-state index contributed by atoms with van der Waals surface area (Å²) in [6.07, 6.45) is -5.63. The lowest BCUT2D eigenvalue weighted by Gasteiger charge is -2.06. The van der Waals surface area contributed by atoms with Crippen LogP contribution < -0.4 is 0 Å². The second-order valence-electron chi connectivity index (χ2n) is 3.14. The molecule has 0 saturated heterocycles. The van der Waals surface area contributed by atoms with E-state index in [9.17, 15) is 22.0 Å². The molecule has 0 atom stereocenters. The zero-order valence-electron chi connectivity index (χ0n) is 8.35. The van der Waals surface area contributed by atoms with Crippen LogP contribution in [0.2, 0.25) is 0 Å². The van der Waals surface area contributed by atoms with Crippen LogP contribution in [-0.2, 0) is 17.9 Å². The van der Waals surface area contributed by atoms with Gasteiger partial charge in [0.25, 0.3) is 6.43 Å². The lowest BCUT2D eigenvalue weighted by molar-refractivity contribution is -0.176. The summed E-state index contributed by atoms with van der Waals surface area (Å²) in [4.78, 5) is 0. The van der Waals surface area contributed by atoms with Crippen LogP contribution >= 0.6 is 22.6 Å². The second-order valence-corrected chi connectivity index (χ2v) is 4.31. The van der Waals surface area contributed by atoms with Crippen molar-refractivity contribution < 1.29 is 26.7 Å². The quantitative estimate of drug-likeness (QED) is 0.589. The number of nitrogens with zero attached hydrogens (tertiary/aromatic N) is 2. The molecular formula is C8H8F5IN2O. The third-order valence-electron chi connectivity index (χ3n) is 1.62. The summed E-state index contributed by atoms with van der Waals surface area (Å²) in [5.74, 6) is 0. The molecule has 0 fully saturated rings. The van der Waals surface area contributed by atoms with Gasteiger partial charge in [-0.3, -0.25) is 4.68 Å². The van der Waals surface area contributed by atoms with Crippen LogP contribution in [0.3, 0.4) is 0 Å². The fourth-order valence-corrected chi connectivity index (χ4v) is 1.62. The number of halogens is 6. The predicted molar refractivity (Wildman–Crippen MR) is 56.7 cm³/mol.